The minimum atomic E-state index is -0.496. The molecule has 3 heterocycles. The Kier molecular flexibility index (Phi) is 4.10. The minimum Gasteiger partial charge on any atom is -0.508 e. The molecule has 6 rings (SSSR count). The zero-order chi connectivity index (χ0) is 19.7. The Labute approximate surface area is 174 Å². The predicted molar refractivity (Wildman–Crippen MR) is 117 cm³/mol. The molecule has 2 aromatic carbocycles. The number of phenols is 1. The number of aryl methyl sites for hydroxylation is 2. The maximum Gasteiger partial charge on any atom is 0.148 e. The van der Waals surface area contributed by atoms with Crippen molar-refractivity contribution in [2.75, 3.05) is 0 Å². The highest BCUT2D eigenvalue weighted by Crippen LogP contribution is 2.47. The van der Waals surface area contributed by atoms with Gasteiger partial charge in [0.2, 0.25) is 0 Å². The first kappa shape index (κ1) is 18.7. The van der Waals surface area contributed by atoms with Gasteiger partial charge in [0.15, 0.2) is 0 Å². The number of Topliss-reactive ketones (excluding diaryl/α,β-unsaturated/α-hetero) is 2. The number of benzene rings is 2. The summed E-state index contributed by atoms with van der Waals surface area (Å²) in [7, 11) is 0. The van der Waals surface area contributed by atoms with E-state index in [9.17, 15) is 14.7 Å². The molecule has 0 bridgehead atoms. The zero-order valence-corrected chi connectivity index (χ0v) is 15.8. The molecule has 2 aromatic heterocycles. The zero-order valence-electron chi connectivity index (χ0n) is 15.8. The number of nitrogens with one attached hydrogen (secondary N) is 1. The number of phenolic OH excluding ortho intramolecular Hbond substituents is 1. The van der Waals surface area contributed by atoms with Gasteiger partial charge in [0, 0.05) is 41.3 Å². The van der Waals surface area contributed by atoms with E-state index in [0.717, 1.165) is 46.8 Å². The van der Waals surface area contributed by atoms with Crippen LogP contribution in [0.3, 0.4) is 0 Å². The molecule has 0 unspecified atom stereocenters. The average molecular weight is 400 g/mol. The van der Waals surface area contributed by atoms with Gasteiger partial charge in [0.25, 0.3) is 0 Å². The first-order valence-corrected chi connectivity index (χ1v) is 10.1. The van der Waals surface area contributed by atoms with Crippen molar-refractivity contribution in [1.82, 2.24) is 9.55 Å². The van der Waals surface area contributed by atoms with Crippen LogP contribution in [0, 0.1) is 0 Å². The second-order valence-electron chi connectivity index (χ2n) is 8.23. The number of aromatic nitrogens is 2. The fourth-order valence-corrected chi connectivity index (χ4v) is 5.39. The van der Waals surface area contributed by atoms with Crippen molar-refractivity contribution in [3.05, 3.63) is 65.5 Å². The number of ketones is 2. The highest BCUT2D eigenvalue weighted by Gasteiger charge is 2.45. The van der Waals surface area contributed by atoms with E-state index >= 15 is 0 Å². The van der Waals surface area contributed by atoms with Crippen molar-refractivity contribution < 1.29 is 14.7 Å². The molecule has 1 aliphatic carbocycles. The minimum absolute atomic E-state index is 0. The predicted octanol–water partition coefficient (Wildman–Crippen LogP) is 4.82. The number of aromatic amines is 1. The van der Waals surface area contributed by atoms with Crippen molar-refractivity contribution in [3.63, 3.8) is 0 Å². The Balaban J connectivity index is 0.00000193. The van der Waals surface area contributed by atoms with Crippen molar-refractivity contribution in [3.8, 4) is 5.75 Å². The number of nitrogens with zero attached hydrogens (tertiary/aromatic N) is 1. The quantitative estimate of drug-likeness (QED) is 0.474. The van der Waals surface area contributed by atoms with Crippen LogP contribution in [-0.2, 0) is 22.6 Å². The summed E-state index contributed by atoms with van der Waals surface area (Å²) in [6.07, 6.45) is 6.04. The second-order valence-corrected chi connectivity index (χ2v) is 8.23. The Hall–Kier alpha value is -3.34. The number of carbonyl (C=O) groups excluding carboxylic acids is 2. The molecule has 5 heteroatoms. The molecule has 152 valence electrons. The van der Waals surface area contributed by atoms with Crippen molar-refractivity contribution in [2.45, 2.75) is 45.1 Å². The summed E-state index contributed by atoms with van der Waals surface area (Å²) in [6.45, 7) is 0.944. The fourth-order valence-electron chi connectivity index (χ4n) is 5.39. The van der Waals surface area contributed by atoms with Gasteiger partial charge < -0.3 is 14.7 Å². The number of para-hydroxylation sites is 1. The lowest BCUT2D eigenvalue weighted by Gasteiger charge is -2.17. The standard InChI is InChI=1S/C24H20N2O3.CH4/c27-14-6-7-15-17(11-25-19(15)9-14)22-20(28)10-21(29)23(22)18-12-26-8-2-4-13-3-1-5-16(18)24(13)26;/h1,3,5-7,9,11-12,22-23,25,27H,2,4,8,10H2;1H4/t22-,23-;/m1./s1. The van der Waals surface area contributed by atoms with Crippen molar-refractivity contribution in [1.29, 1.82) is 0 Å². The van der Waals surface area contributed by atoms with Gasteiger partial charge in [-0.2, -0.15) is 0 Å². The number of hydrogen-bond donors (Lipinski definition) is 2. The highest BCUT2D eigenvalue weighted by molar-refractivity contribution is 6.16. The van der Waals surface area contributed by atoms with Crippen LogP contribution in [-0.4, -0.2) is 26.2 Å². The molecule has 4 aromatic rings. The summed E-state index contributed by atoms with van der Waals surface area (Å²) in [4.78, 5) is 29.2. The molecule has 0 spiro atoms. The molecule has 1 aliphatic heterocycles. The molecule has 0 amide bonds. The van der Waals surface area contributed by atoms with E-state index in [1.165, 1.54) is 11.1 Å². The first-order valence-electron chi connectivity index (χ1n) is 10.1. The van der Waals surface area contributed by atoms with Gasteiger partial charge in [-0.15, -0.1) is 0 Å². The van der Waals surface area contributed by atoms with E-state index in [0.29, 0.717) is 0 Å². The summed E-state index contributed by atoms with van der Waals surface area (Å²) in [5, 5.41) is 11.7. The number of carbonyl (C=O) groups is 2. The van der Waals surface area contributed by atoms with Gasteiger partial charge in [0.05, 0.1) is 23.8 Å². The number of fused-ring (bicyclic) bond motifs is 1. The Morgan fingerprint density at radius 3 is 2.63 bits per heavy atom. The van der Waals surface area contributed by atoms with Crippen LogP contribution in [0.25, 0.3) is 21.8 Å². The van der Waals surface area contributed by atoms with Gasteiger partial charge in [-0.25, -0.2) is 0 Å². The molecule has 30 heavy (non-hydrogen) atoms. The van der Waals surface area contributed by atoms with E-state index in [2.05, 4.69) is 33.9 Å². The molecular formula is C25H24N2O3. The van der Waals surface area contributed by atoms with Crippen LogP contribution < -0.4 is 0 Å². The Morgan fingerprint density at radius 2 is 1.80 bits per heavy atom. The molecule has 2 atom stereocenters. The van der Waals surface area contributed by atoms with Crippen molar-refractivity contribution in [2.24, 2.45) is 0 Å². The monoisotopic (exact) mass is 400 g/mol. The van der Waals surface area contributed by atoms with Crippen LogP contribution in [0.5, 0.6) is 5.75 Å². The normalized spacial score (nSPS) is 20.8. The maximum absolute atomic E-state index is 13.0. The third-order valence-electron chi connectivity index (χ3n) is 6.60. The van der Waals surface area contributed by atoms with Gasteiger partial charge in [-0.05, 0) is 41.7 Å². The average Bonchev–Trinajstić information content (AvgIpc) is 3.36. The Bertz CT molecular complexity index is 1330. The van der Waals surface area contributed by atoms with E-state index in [1.807, 2.05) is 12.3 Å². The molecule has 0 radical (unpaired) electrons. The second kappa shape index (κ2) is 6.59. The largest absolute Gasteiger partial charge is 0.508 e. The number of aromatic hydroxyl groups is 1. The molecule has 1 fully saturated rings. The van der Waals surface area contributed by atoms with E-state index in [1.54, 1.807) is 12.1 Å². The summed E-state index contributed by atoms with van der Waals surface area (Å²) in [5.74, 6) is -0.820. The lowest BCUT2D eigenvalue weighted by molar-refractivity contribution is -0.122. The number of hydrogen-bond acceptors (Lipinski definition) is 3. The SMILES string of the molecule is C.O=C1CC(=O)[C@@H](c2cn3c4c(cccc24)CCC3)[C@@H]1c1c[nH]c2cc(O)ccc12. The van der Waals surface area contributed by atoms with Gasteiger partial charge in [-0.1, -0.05) is 25.6 Å². The summed E-state index contributed by atoms with van der Waals surface area (Å²) < 4.78 is 2.25. The van der Waals surface area contributed by atoms with Gasteiger partial charge >= 0.3 is 0 Å². The molecule has 2 N–H and O–H groups in total. The van der Waals surface area contributed by atoms with Crippen LogP contribution >= 0.6 is 0 Å². The van der Waals surface area contributed by atoms with E-state index < -0.39 is 11.8 Å². The smallest absolute Gasteiger partial charge is 0.148 e. The lowest BCUT2D eigenvalue weighted by atomic mass is 9.83. The third kappa shape index (κ3) is 2.48. The van der Waals surface area contributed by atoms with Gasteiger partial charge in [-0.3, -0.25) is 9.59 Å². The first-order chi connectivity index (χ1) is 14.1. The van der Waals surface area contributed by atoms with Crippen LogP contribution in [0.15, 0.2) is 48.8 Å². The molecular weight excluding hydrogens is 376 g/mol. The summed E-state index contributed by atoms with van der Waals surface area (Å²) in [5.41, 5.74) is 5.11. The third-order valence-corrected chi connectivity index (χ3v) is 6.60. The molecule has 2 aliphatic rings. The van der Waals surface area contributed by atoms with E-state index in [-0.39, 0.29) is 31.2 Å². The maximum atomic E-state index is 13.0. The molecule has 1 saturated carbocycles. The van der Waals surface area contributed by atoms with Crippen LogP contribution in [0.2, 0.25) is 0 Å². The topological polar surface area (TPSA) is 75.1 Å². The van der Waals surface area contributed by atoms with Gasteiger partial charge in [0.1, 0.15) is 17.3 Å². The van der Waals surface area contributed by atoms with Crippen molar-refractivity contribution >= 4 is 33.4 Å². The summed E-state index contributed by atoms with van der Waals surface area (Å²) >= 11 is 0. The Morgan fingerprint density at radius 1 is 1.00 bits per heavy atom. The highest BCUT2D eigenvalue weighted by atomic mass is 16.3. The molecule has 0 saturated heterocycles. The number of H-pyrrole nitrogens is 1. The molecule has 5 nitrogen and oxygen atoms in total. The van der Waals surface area contributed by atoms with Crippen LogP contribution in [0.1, 0.15) is 48.8 Å². The lowest BCUT2D eigenvalue weighted by Crippen LogP contribution is -2.14. The number of rotatable bonds is 2. The van der Waals surface area contributed by atoms with Crippen LogP contribution in [0.4, 0.5) is 0 Å². The fraction of sp³-hybridized carbons (Fsp3) is 0.280. The van der Waals surface area contributed by atoms with E-state index in [4.69, 9.17) is 0 Å². The summed E-state index contributed by atoms with van der Waals surface area (Å²) in [6, 6.07) is 11.4.